The van der Waals surface area contributed by atoms with Crippen molar-refractivity contribution in [2.24, 2.45) is 34.5 Å². The Morgan fingerprint density at radius 1 is 1.07 bits per heavy atom. The normalized spacial score (nSPS) is 53.5. The van der Waals surface area contributed by atoms with Crippen molar-refractivity contribution < 1.29 is 19.4 Å². The number of hydrogen-bond donors (Lipinski definition) is 1. The van der Waals surface area contributed by atoms with Crippen LogP contribution in [0.5, 0.6) is 0 Å². The molecule has 5 fully saturated rings. The predicted octanol–water partition coefficient (Wildman–Crippen LogP) is 3.32. The van der Waals surface area contributed by atoms with E-state index in [-0.39, 0.29) is 16.7 Å². The third kappa shape index (κ3) is 2.26. The fraction of sp³-hybridized carbons (Fsp3) is 0.870. The zero-order valence-electron chi connectivity index (χ0n) is 16.6. The topological polar surface area (TPSA) is 55.8 Å². The summed E-state index contributed by atoms with van der Waals surface area (Å²) < 4.78 is 12.7. The van der Waals surface area contributed by atoms with Gasteiger partial charge in [-0.15, -0.1) is 6.42 Å². The molecule has 0 unspecified atom stereocenters. The lowest BCUT2D eigenvalue weighted by Gasteiger charge is -2.64. The maximum Gasteiger partial charge on any atom is 0.172 e. The molecule has 1 heterocycles. The zero-order chi connectivity index (χ0) is 19.1. The van der Waals surface area contributed by atoms with E-state index in [2.05, 4.69) is 19.8 Å². The van der Waals surface area contributed by atoms with E-state index in [9.17, 15) is 9.90 Å². The molecule has 0 amide bonds. The third-order valence-corrected chi connectivity index (χ3v) is 9.50. The first-order valence-corrected chi connectivity index (χ1v) is 10.8. The first-order valence-electron chi connectivity index (χ1n) is 10.8. The summed E-state index contributed by atoms with van der Waals surface area (Å²) in [5.41, 5.74) is -1.06. The molecule has 1 saturated heterocycles. The van der Waals surface area contributed by atoms with Gasteiger partial charge in [-0.3, -0.25) is 4.79 Å². The van der Waals surface area contributed by atoms with Crippen molar-refractivity contribution in [3.05, 3.63) is 0 Å². The van der Waals surface area contributed by atoms with Gasteiger partial charge >= 0.3 is 0 Å². The molecule has 0 bridgehead atoms. The van der Waals surface area contributed by atoms with Crippen LogP contribution >= 0.6 is 0 Å². The molecule has 1 aliphatic heterocycles. The molecule has 4 aliphatic carbocycles. The second kappa shape index (κ2) is 5.59. The summed E-state index contributed by atoms with van der Waals surface area (Å²) in [6.45, 7) is 5.86. The van der Waals surface area contributed by atoms with Gasteiger partial charge in [0, 0.05) is 24.2 Å². The summed E-state index contributed by atoms with van der Waals surface area (Å²) in [6.07, 6.45) is 12.5. The molecule has 0 radical (unpaired) electrons. The van der Waals surface area contributed by atoms with Crippen molar-refractivity contribution in [3.63, 3.8) is 0 Å². The van der Waals surface area contributed by atoms with Crippen molar-refractivity contribution in [2.75, 3.05) is 13.2 Å². The third-order valence-electron chi connectivity index (χ3n) is 9.50. The molecular weight excluding hydrogens is 340 g/mol. The highest BCUT2D eigenvalue weighted by atomic mass is 16.7. The highest BCUT2D eigenvalue weighted by Gasteiger charge is 2.69. The van der Waals surface area contributed by atoms with E-state index in [1.165, 1.54) is 0 Å². The predicted molar refractivity (Wildman–Crippen MR) is 101 cm³/mol. The summed E-state index contributed by atoms with van der Waals surface area (Å²) in [6, 6.07) is 0. The minimum atomic E-state index is -0.997. The van der Waals surface area contributed by atoms with Crippen molar-refractivity contribution in [2.45, 2.75) is 76.6 Å². The highest BCUT2D eigenvalue weighted by molar-refractivity contribution is 5.87. The van der Waals surface area contributed by atoms with Gasteiger partial charge in [0.25, 0.3) is 0 Å². The van der Waals surface area contributed by atoms with Crippen LogP contribution in [0, 0.1) is 46.8 Å². The molecule has 1 N–H and O–H groups in total. The molecule has 5 rings (SSSR count). The fourth-order valence-corrected chi connectivity index (χ4v) is 7.87. The Morgan fingerprint density at radius 3 is 2.52 bits per heavy atom. The van der Waals surface area contributed by atoms with Crippen molar-refractivity contribution >= 4 is 5.78 Å². The van der Waals surface area contributed by atoms with Crippen LogP contribution in [-0.4, -0.2) is 35.5 Å². The quantitative estimate of drug-likeness (QED) is 0.663. The summed E-state index contributed by atoms with van der Waals surface area (Å²) in [7, 11) is 0. The second-order valence-electron chi connectivity index (χ2n) is 10.5. The Bertz CT molecular complexity index is 704. The number of ketones is 1. The number of carbonyl (C=O) groups is 1. The van der Waals surface area contributed by atoms with E-state index in [0.29, 0.717) is 56.0 Å². The number of hydrogen-bond acceptors (Lipinski definition) is 4. The maximum absolute atomic E-state index is 12.8. The smallest absolute Gasteiger partial charge is 0.172 e. The molecule has 148 valence electrons. The Balaban J connectivity index is 1.58. The molecule has 4 heteroatoms. The molecule has 0 aromatic rings. The number of aliphatic hydroxyl groups is 1. The average Bonchev–Trinajstić information content (AvgIpc) is 3.23. The van der Waals surface area contributed by atoms with Crippen LogP contribution in [0.1, 0.15) is 65.2 Å². The molecule has 7 atom stereocenters. The molecule has 4 nitrogen and oxygen atoms in total. The lowest BCUT2D eigenvalue weighted by Crippen LogP contribution is -2.64. The number of fused-ring (bicyclic) bond motifs is 6. The zero-order valence-corrected chi connectivity index (χ0v) is 16.6. The van der Waals surface area contributed by atoms with Gasteiger partial charge in [-0.2, -0.15) is 0 Å². The Morgan fingerprint density at radius 2 is 1.81 bits per heavy atom. The molecule has 5 aliphatic rings. The van der Waals surface area contributed by atoms with E-state index in [0.717, 1.165) is 32.1 Å². The monoisotopic (exact) mass is 372 g/mol. The molecule has 0 aromatic carbocycles. The van der Waals surface area contributed by atoms with E-state index >= 15 is 0 Å². The average molecular weight is 373 g/mol. The summed E-state index contributed by atoms with van der Waals surface area (Å²) >= 11 is 0. The lowest BCUT2D eigenvalue weighted by atomic mass is 9.43. The van der Waals surface area contributed by atoms with E-state index < -0.39 is 11.4 Å². The number of ether oxygens (including phenoxy) is 2. The van der Waals surface area contributed by atoms with Crippen LogP contribution in [0.4, 0.5) is 0 Å². The largest absolute Gasteiger partial charge is 0.378 e. The number of rotatable bonds is 0. The van der Waals surface area contributed by atoms with Gasteiger partial charge < -0.3 is 14.6 Å². The maximum atomic E-state index is 12.8. The lowest BCUT2D eigenvalue weighted by molar-refractivity contribution is -0.299. The van der Waals surface area contributed by atoms with Crippen LogP contribution in [-0.2, 0) is 14.3 Å². The van der Waals surface area contributed by atoms with Crippen LogP contribution in [0.25, 0.3) is 0 Å². The van der Waals surface area contributed by atoms with E-state index in [4.69, 9.17) is 15.9 Å². The Kier molecular flexibility index (Phi) is 3.76. The number of carbonyl (C=O) groups excluding carboxylic acids is 1. The standard InChI is InChI=1S/C23H32O4/c1-4-22(25)10-9-20(2)15(13-22)14-23(26-11-12-27-23)19-16-5-6-18(24)21(16,3)8-7-17(19)20/h1,15-17,19,25H,5-14H2,2-3H3/t15-,16+,17-,19+,20+,21+,22+/m1/s1. The molecule has 4 saturated carbocycles. The van der Waals surface area contributed by atoms with Crippen LogP contribution in [0.2, 0.25) is 0 Å². The minimum Gasteiger partial charge on any atom is -0.378 e. The molecule has 27 heavy (non-hydrogen) atoms. The van der Waals surface area contributed by atoms with Gasteiger partial charge in [-0.05, 0) is 61.7 Å². The van der Waals surface area contributed by atoms with Crippen LogP contribution < -0.4 is 0 Å². The van der Waals surface area contributed by atoms with Crippen molar-refractivity contribution in [1.82, 2.24) is 0 Å². The Labute approximate surface area is 162 Å². The minimum absolute atomic E-state index is 0.140. The Hall–Kier alpha value is -0.890. The summed E-state index contributed by atoms with van der Waals surface area (Å²) in [5, 5.41) is 10.8. The van der Waals surface area contributed by atoms with Gasteiger partial charge in [-0.1, -0.05) is 19.8 Å². The van der Waals surface area contributed by atoms with Gasteiger partial charge in [0.15, 0.2) is 5.79 Å². The fourth-order valence-electron chi connectivity index (χ4n) is 7.87. The first kappa shape index (κ1) is 18.2. The van der Waals surface area contributed by atoms with Gasteiger partial charge in [0.05, 0.1) is 13.2 Å². The number of Topliss-reactive ketones (excluding diaryl/α,β-unsaturated/α-hetero) is 1. The first-order chi connectivity index (χ1) is 12.8. The van der Waals surface area contributed by atoms with Gasteiger partial charge in [0.2, 0.25) is 0 Å². The van der Waals surface area contributed by atoms with Crippen LogP contribution in [0.15, 0.2) is 0 Å². The van der Waals surface area contributed by atoms with E-state index in [1.54, 1.807) is 0 Å². The molecule has 1 spiro atoms. The van der Waals surface area contributed by atoms with Crippen molar-refractivity contribution in [3.8, 4) is 12.3 Å². The van der Waals surface area contributed by atoms with Gasteiger partial charge in [0.1, 0.15) is 11.4 Å². The van der Waals surface area contributed by atoms with E-state index in [1.807, 2.05) is 0 Å². The summed E-state index contributed by atoms with van der Waals surface area (Å²) in [4.78, 5) is 12.8. The van der Waals surface area contributed by atoms with Gasteiger partial charge in [-0.25, -0.2) is 0 Å². The summed E-state index contributed by atoms with van der Waals surface area (Å²) in [5.74, 6) is 3.92. The molecule has 0 aromatic heterocycles. The SMILES string of the molecule is C#C[C@]1(O)CC[C@@]2(C)[C@@H](CC3(OCCO3)[C@@H]3[C@H]2CC[C@]2(C)C(=O)CC[C@@H]32)C1. The van der Waals surface area contributed by atoms with Crippen LogP contribution in [0.3, 0.4) is 0 Å². The molecular formula is C23H32O4. The highest BCUT2D eigenvalue weighted by Crippen LogP contribution is 2.69. The van der Waals surface area contributed by atoms with Crippen molar-refractivity contribution in [1.29, 1.82) is 0 Å². The number of terminal acetylenes is 1. The second-order valence-corrected chi connectivity index (χ2v) is 10.5.